The van der Waals surface area contributed by atoms with Crippen LogP contribution in [-0.2, 0) is 10.8 Å². The summed E-state index contributed by atoms with van der Waals surface area (Å²) in [6, 6.07) is 64.5. The Morgan fingerprint density at radius 1 is 0.375 bits per heavy atom. The molecule has 2 nitrogen and oxygen atoms in total. The molecular weight excluding hydrogens is 679 g/mol. The van der Waals surface area contributed by atoms with Crippen LogP contribution in [0.3, 0.4) is 0 Å². The quantitative estimate of drug-likeness (QED) is 0.176. The first kappa shape index (κ1) is 32.8. The van der Waals surface area contributed by atoms with Crippen LogP contribution in [0.1, 0.15) is 49.9 Å². The lowest BCUT2D eigenvalue weighted by molar-refractivity contribution is 0.653. The molecule has 268 valence electrons. The topological polar surface area (TPSA) is 16.4 Å². The Bertz CT molecular complexity index is 3000. The van der Waals surface area contributed by atoms with E-state index < -0.39 is 0 Å². The smallest absolute Gasteiger partial charge is 0.143 e. The highest BCUT2D eigenvalue weighted by Crippen LogP contribution is 2.55. The van der Waals surface area contributed by atoms with Crippen molar-refractivity contribution in [3.8, 4) is 44.5 Å². The van der Waals surface area contributed by atoms with Crippen LogP contribution in [0.2, 0.25) is 0 Å². The van der Waals surface area contributed by atoms with Gasteiger partial charge in [-0.1, -0.05) is 161 Å². The van der Waals surface area contributed by atoms with Crippen molar-refractivity contribution in [3.63, 3.8) is 0 Å². The molecule has 0 saturated heterocycles. The summed E-state index contributed by atoms with van der Waals surface area (Å²) in [6.45, 7) is 9.40. The largest absolute Gasteiger partial charge is 0.455 e. The molecule has 9 aromatic rings. The molecule has 2 heteroatoms. The molecule has 0 aliphatic heterocycles. The molecule has 0 amide bonds. The third kappa shape index (κ3) is 4.75. The second-order valence-electron chi connectivity index (χ2n) is 16.5. The molecule has 1 aromatic heterocycles. The first-order valence-corrected chi connectivity index (χ1v) is 19.7. The average Bonchev–Trinajstić information content (AvgIpc) is 3.81. The van der Waals surface area contributed by atoms with Gasteiger partial charge in [0.1, 0.15) is 11.2 Å². The molecule has 1 heterocycles. The molecule has 0 atom stereocenters. The van der Waals surface area contributed by atoms with Crippen molar-refractivity contribution < 1.29 is 4.42 Å². The highest BCUT2D eigenvalue weighted by Gasteiger charge is 2.39. The number of rotatable bonds is 5. The van der Waals surface area contributed by atoms with Gasteiger partial charge in [-0.15, -0.1) is 0 Å². The van der Waals surface area contributed by atoms with Gasteiger partial charge in [0.05, 0.1) is 0 Å². The van der Waals surface area contributed by atoms with Crippen LogP contribution >= 0.6 is 0 Å². The highest BCUT2D eigenvalue weighted by atomic mass is 16.3. The van der Waals surface area contributed by atoms with E-state index in [0.29, 0.717) is 0 Å². The number of nitrogens with zero attached hydrogens (tertiary/aromatic N) is 1. The van der Waals surface area contributed by atoms with Gasteiger partial charge in [0, 0.05) is 44.2 Å². The Hall–Kier alpha value is -6.64. The van der Waals surface area contributed by atoms with Crippen LogP contribution in [0, 0.1) is 0 Å². The SMILES string of the molecule is CC1(C)c2ccccc2-c2ccc(N(c3ccc(-c4ccc(-c5ccccc5)cc4)cc3)c3ccc4c(c3)-c3c(ccc5c3oc3ccccc35)C4(C)C)cc21. The van der Waals surface area contributed by atoms with Crippen molar-refractivity contribution in [2.45, 2.75) is 38.5 Å². The van der Waals surface area contributed by atoms with E-state index >= 15 is 0 Å². The number of hydrogen-bond donors (Lipinski definition) is 0. The maximum atomic E-state index is 6.69. The summed E-state index contributed by atoms with van der Waals surface area (Å²) in [5, 5.41) is 2.32. The minimum absolute atomic E-state index is 0.114. The summed E-state index contributed by atoms with van der Waals surface area (Å²) < 4.78 is 6.69. The van der Waals surface area contributed by atoms with Crippen LogP contribution in [0.15, 0.2) is 180 Å². The van der Waals surface area contributed by atoms with Gasteiger partial charge in [-0.3, -0.25) is 0 Å². The molecule has 11 rings (SSSR count). The van der Waals surface area contributed by atoms with Crippen molar-refractivity contribution in [2.24, 2.45) is 0 Å². The molecule has 0 spiro atoms. The van der Waals surface area contributed by atoms with Crippen LogP contribution in [0.25, 0.3) is 66.4 Å². The van der Waals surface area contributed by atoms with Crippen molar-refractivity contribution in [1.29, 1.82) is 0 Å². The highest BCUT2D eigenvalue weighted by molar-refractivity contribution is 6.12. The van der Waals surface area contributed by atoms with Gasteiger partial charge in [0.2, 0.25) is 0 Å². The zero-order valence-corrected chi connectivity index (χ0v) is 32.1. The van der Waals surface area contributed by atoms with Crippen LogP contribution in [0.4, 0.5) is 17.1 Å². The maximum Gasteiger partial charge on any atom is 0.143 e. The first-order chi connectivity index (χ1) is 27.3. The molecular formula is C54H41NO. The van der Waals surface area contributed by atoms with E-state index in [1.807, 2.05) is 0 Å². The minimum atomic E-state index is -0.164. The minimum Gasteiger partial charge on any atom is -0.455 e. The first-order valence-electron chi connectivity index (χ1n) is 19.7. The number of fused-ring (bicyclic) bond motifs is 10. The van der Waals surface area contributed by atoms with Gasteiger partial charge in [-0.2, -0.15) is 0 Å². The normalized spacial score (nSPS) is 14.4. The van der Waals surface area contributed by atoms with Crippen molar-refractivity contribution in [1.82, 2.24) is 0 Å². The number of anilines is 3. The van der Waals surface area contributed by atoms with Gasteiger partial charge < -0.3 is 9.32 Å². The molecule has 0 unspecified atom stereocenters. The molecule has 56 heavy (non-hydrogen) atoms. The van der Waals surface area contributed by atoms with Crippen molar-refractivity contribution >= 4 is 39.0 Å². The van der Waals surface area contributed by atoms with Gasteiger partial charge in [0.15, 0.2) is 0 Å². The molecule has 0 bridgehead atoms. The summed E-state index contributed by atoms with van der Waals surface area (Å²) in [6.07, 6.45) is 0. The van der Waals surface area contributed by atoms with E-state index in [-0.39, 0.29) is 10.8 Å². The lowest BCUT2D eigenvalue weighted by Crippen LogP contribution is -2.17. The Labute approximate surface area is 328 Å². The van der Waals surface area contributed by atoms with Crippen molar-refractivity contribution in [2.75, 3.05) is 4.90 Å². The fourth-order valence-corrected chi connectivity index (χ4v) is 9.71. The van der Waals surface area contributed by atoms with Gasteiger partial charge in [0.25, 0.3) is 0 Å². The fourth-order valence-electron chi connectivity index (χ4n) is 9.71. The van der Waals surface area contributed by atoms with Crippen LogP contribution < -0.4 is 4.90 Å². The molecule has 0 N–H and O–H groups in total. The maximum absolute atomic E-state index is 6.69. The third-order valence-corrected chi connectivity index (χ3v) is 12.7. The summed E-state index contributed by atoms with van der Waals surface area (Å²) in [7, 11) is 0. The van der Waals surface area contributed by atoms with E-state index in [0.717, 1.165) is 39.0 Å². The number of hydrogen-bond acceptors (Lipinski definition) is 2. The lowest BCUT2D eigenvalue weighted by Gasteiger charge is -2.29. The molecule has 2 aliphatic rings. The second kappa shape index (κ2) is 11.9. The summed E-state index contributed by atoms with van der Waals surface area (Å²) in [5.41, 5.74) is 20.3. The molecule has 0 fully saturated rings. The van der Waals surface area contributed by atoms with Gasteiger partial charge >= 0.3 is 0 Å². The van der Waals surface area contributed by atoms with E-state index in [4.69, 9.17) is 4.42 Å². The number of para-hydroxylation sites is 1. The predicted octanol–water partition coefficient (Wildman–Crippen LogP) is 15.0. The Balaban J connectivity index is 1.07. The van der Waals surface area contributed by atoms with Crippen LogP contribution in [-0.4, -0.2) is 0 Å². The van der Waals surface area contributed by atoms with E-state index in [1.54, 1.807) is 0 Å². The monoisotopic (exact) mass is 719 g/mol. The fraction of sp³-hybridized carbons (Fsp3) is 0.111. The predicted molar refractivity (Wildman–Crippen MR) is 234 cm³/mol. The summed E-state index contributed by atoms with van der Waals surface area (Å²) in [5.74, 6) is 0. The molecule has 0 saturated carbocycles. The Kier molecular flexibility index (Phi) is 6.98. The lowest BCUT2D eigenvalue weighted by atomic mass is 9.82. The second-order valence-corrected chi connectivity index (χ2v) is 16.5. The Morgan fingerprint density at radius 3 is 1.68 bits per heavy atom. The zero-order chi connectivity index (χ0) is 37.8. The third-order valence-electron chi connectivity index (χ3n) is 12.7. The average molecular weight is 720 g/mol. The van der Waals surface area contributed by atoms with Gasteiger partial charge in [-0.05, 0) is 104 Å². The molecule has 8 aromatic carbocycles. The standard InChI is InChI=1S/C54H41NO/c1-53(2)47-30-27-39(32-45(47)51-48(53)31-29-44-43-15-9-11-17-50(43)56-52(44)51)55(40-26-28-42-41-14-8-10-16-46(41)54(3,4)49(42)33-40)38-24-22-37(23-25-38)36-20-18-35(19-21-36)34-12-6-5-7-13-34/h5-33H,1-4H3. The Morgan fingerprint density at radius 2 is 0.911 bits per heavy atom. The van der Waals surface area contributed by atoms with Crippen LogP contribution in [0.5, 0.6) is 0 Å². The van der Waals surface area contributed by atoms with Gasteiger partial charge in [-0.25, -0.2) is 0 Å². The molecule has 0 radical (unpaired) electrons. The van der Waals surface area contributed by atoms with E-state index in [2.05, 4.69) is 209 Å². The summed E-state index contributed by atoms with van der Waals surface area (Å²) in [4.78, 5) is 2.44. The number of benzene rings is 8. The summed E-state index contributed by atoms with van der Waals surface area (Å²) >= 11 is 0. The zero-order valence-electron chi connectivity index (χ0n) is 32.1. The van der Waals surface area contributed by atoms with Crippen molar-refractivity contribution in [3.05, 3.63) is 198 Å². The van der Waals surface area contributed by atoms with E-state index in [9.17, 15) is 0 Å². The van der Waals surface area contributed by atoms with E-state index in [1.165, 1.54) is 66.8 Å². The number of furan rings is 1. The molecule has 2 aliphatic carbocycles.